The number of carbonyl (C=O) groups is 6. The van der Waals surface area contributed by atoms with E-state index in [0.717, 1.165) is 69.6 Å². The highest BCUT2D eigenvalue weighted by atomic mass is 16.4. The van der Waals surface area contributed by atoms with Crippen molar-refractivity contribution >= 4 is 72.3 Å². The Balaban J connectivity index is 0.000000254. The lowest BCUT2D eigenvalue weighted by Gasteiger charge is -2.12. The monoisotopic (exact) mass is 1400 g/mol. The highest BCUT2D eigenvalue weighted by Crippen LogP contribution is 2.20. The van der Waals surface area contributed by atoms with Gasteiger partial charge in [0.15, 0.2) is 0 Å². The van der Waals surface area contributed by atoms with Crippen LogP contribution in [0.25, 0.3) is 36.5 Å². The Kier molecular flexibility index (Phi) is 42.3. The van der Waals surface area contributed by atoms with Gasteiger partial charge in [-0.15, -0.1) is 0 Å². The van der Waals surface area contributed by atoms with Crippen molar-refractivity contribution in [2.75, 3.05) is 0 Å². The number of rotatable bonds is 12. The van der Waals surface area contributed by atoms with Crippen LogP contribution in [0.4, 0.5) is 0 Å². The van der Waals surface area contributed by atoms with E-state index in [-0.39, 0.29) is 33.4 Å². The molecule has 6 fully saturated rings. The number of carbonyl (C=O) groups excluding carboxylic acids is 6. The van der Waals surface area contributed by atoms with Gasteiger partial charge in [0.05, 0.1) is 72.1 Å². The molecule has 0 atom stereocenters. The van der Waals surface area contributed by atoms with Crippen LogP contribution in [0.2, 0.25) is 0 Å². The fraction of sp³-hybridized carbons (Fsp3) is 0.429. The highest BCUT2D eigenvalue weighted by Gasteiger charge is 2.14. The molecule has 6 aromatic carbocycles. The number of quaternary nitrogens is 6. The number of hydrogen-bond acceptors (Lipinski definition) is 12. The van der Waals surface area contributed by atoms with Crippen LogP contribution in [0.5, 0.6) is 0 Å². The van der Waals surface area contributed by atoms with Crippen LogP contribution in [-0.4, -0.2) is 72.1 Å². The third-order valence-corrected chi connectivity index (χ3v) is 18.6. The molecule has 102 heavy (non-hydrogen) atoms. The maximum atomic E-state index is 10.6. The third-order valence-electron chi connectivity index (χ3n) is 18.6. The van der Waals surface area contributed by atoms with Gasteiger partial charge in [-0.3, -0.25) is 0 Å². The maximum Gasteiger partial charge on any atom is 0.0843 e. The minimum Gasteiger partial charge on any atom is -0.545 e. The van der Waals surface area contributed by atoms with E-state index in [1.807, 2.05) is 0 Å². The fourth-order valence-corrected chi connectivity index (χ4v) is 12.1. The molecule has 6 aliphatic rings. The van der Waals surface area contributed by atoms with Crippen LogP contribution in [0.15, 0.2) is 146 Å². The highest BCUT2D eigenvalue weighted by molar-refractivity contribution is 5.89. The van der Waals surface area contributed by atoms with Crippen molar-refractivity contribution in [2.24, 2.45) is 0 Å². The molecular formula is C84H114N6O12. The second-order valence-electron chi connectivity index (χ2n) is 27.5. The minimum atomic E-state index is -1.21. The summed E-state index contributed by atoms with van der Waals surface area (Å²) in [7, 11) is 0. The Bertz CT molecular complexity index is 2820. The zero-order valence-corrected chi connectivity index (χ0v) is 60.1. The molecule has 0 unspecified atom stereocenters. The van der Waals surface area contributed by atoms with Crippen molar-refractivity contribution in [1.29, 1.82) is 0 Å². The summed E-state index contributed by atoms with van der Waals surface area (Å²) in [6.07, 6.45) is 53.1. The lowest BCUT2D eigenvalue weighted by Crippen LogP contribution is -2.61. The minimum absolute atomic E-state index is 0.125. The van der Waals surface area contributed by atoms with Crippen molar-refractivity contribution in [3.05, 3.63) is 212 Å². The van der Waals surface area contributed by atoms with Crippen molar-refractivity contribution in [3.63, 3.8) is 0 Å². The lowest BCUT2D eigenvalue weighted by molar-refractivity contribution is -0.425. The summed E-state index contributed by atoms with van der Waals surface area (Å²) >= 11 is 0. The van der Waals surface area contributed by atoms with Gasteiger partial charge in [-0.2, -0.15) is 0 Å². The quantitative estimate of drug-likeness (QED) is 0.0870. The van der Waals surface area contributed by atoms with Gasteiger partial charge in [-0.25, -0.2) is 0 Å². The Labute approximate surface area is 604 Å². The SMILES string of the molecule is O=C([O-])c1ccc(/C=C/c2ccc(C(=O)[O-])cc2)cc1.O=C([O-])c1ccc(/C=C/c2ccc(C(=O)[O-])cc2)cc1.O=C([O-])c1ccc(/C=C/c2ccc(C(=O)[O-])cc2)cc1.[NH3+]C1CCCCC1.[NH3+]C1CCCCC1.[NH3+]C1CCCCC1.[NH3+]C1CCCCC1.[NH3+]C1CCCCC1.[NH3+]C1CCCCC1. The molecule has 0 saturated heterocycles. The second-order valence-corrected chi connectivity index (χ2v) is 27.5. The van der Waals surface area contributed by atoms with Crippen LogP contribution in [0.3, 0.4) is 0 Å². The number of hydrogen-bond donors (Lipinski definition) is 6. The summed E-state index contributed by atoms with van der Waals surface area (Å²) in [4.78, 5) is 63.6. The summed E-state index contributed by atoms with van der Waals surface area (Å²) in [6, 6.07) is 42.3. The van der Waals surface area contributed by atoms with Gasteiger partial charge in [0.1, 0.15) is 0 Å². The third kappa shape index (κ3) is 38.8. The zero-order valence-electron chi connectivity index (χ0n) is 60.1. The average Bonchev–Trinajstić information content (AvgIpc) is 0.916. The summed E-state index contributed by atoms with van der Waals surface area (Å²) in [5.74, 6) is -7.26. The van der Waals surface area contributed by atoms with Crippen LogP contribution >= 0.6 is 0 Å². The predicted octanol–water partition coefficient (Wildman–Crippen LogP) is 5.12. The molecular weight excluding hydrogens is 1280 g/mol. The van der Waals surface area contributed by atoms with Gasteiger partial charge in [-0.1, -0.05) is 221 Å². The van der Waals surface area contributed by atoms with E-state index in [4.69, 9.17) is 0 Å². The van der Waals surface area contributed by atoms with E-state index in [0.29, 0.717) is 0 Å². The van der Waals surface area contributed by atoms with E-state index < -0.39 is 35.8 Å². The molecule has 0 radical (unpaired) electrons. The Morgan fingerprint density at radius 2 is 0.294 bits per heavy atom. The van der Waals surface area contributed by atoms with E-state index in [1.54, 1.807) is 109 Å². The van der Waals surface area contributed by atoms with E-state index >= 15 is 0 Å². The molecule has 6 aromatic rings. The van der Waals surface area contributed by atoms with Gasteiger partial charge in [0.25, 0.3) is 0 Å². The molecule has 0 aliphatic heterocycles. The van der Waals surface area contributed by atoms with Gasteiger partial charge < -0.3 is 93.8 Å². The molecule has 6 saturated carbocycles. The number of carboxylic acids is 6. The van der Waals surface area contributed by atoms with Crippen LogP contribution in [0.1, 0.15) is 288 Å². The second kappa shape index (κ2) is 50.5. The normalized spacial score (nSPS) is 16.6. The van der Waals surface area contributed by atoms with Crippen molar-refractivity contribution in [3.8, 4) is 0 Å². The van der Waals surface area contributed by atoms with Gasteiger partial charge in [-0.05, 0) is 221 Å². The maximum absolute atomic E-state index is 10.6. The average molecular weight is 1400 g/mol. The summed E-state index contributed by atoms with van der Waals surface area (Å²) in [6.45, 7) is 0. The van der Waals surface area contributed by atoms with Gasteiger partial charge >= 0.3 is 0 Å². The topological polar surface area (TPSA) is 407 Å². The Morgan fingerprint density at radius 1 is 0.196 bits per heavy atom. The Hall–Kier alpha value is -8.88. The molecule has 18 N–H and O–H groups in total. The smallest absolute Gasteiger partial charge is 0.0843 e. The Morgan fingerprint density at radius 3 is 0.363 bits per heavy atom. The van der Waals surface area contributed by atoms with E-state index in [2.05, 4.69) is 34.4 Å². The van der Waals surface area contributed by atoms with E-state index in [1.165, 1.54) is 265 Å². The molecule has 12 rings (SSSR count). The standard InChI is InChI=1S/3C16H12O4.6C6H13N/c3*17-15(18)13-7-3-11(4-8-13)1-2-12-5-9-14(10-6-12)16(19)20;6*7-6-4-2-1-3-5-6/h3*1-10H,(H,17,18)(H,19,20);6*6H,1-5,7H2/b3*2-1+;;;;;;. The molecule has 18 heteroatoms. The van der Waals surface area contributed by atoms with Crippen molar-refractivity contribution in [2.45, 2.75) is 229 Å². The first-order chi connectivity index (χ1) is 49.0. The van der Waals surface area contributed by atoms with Gasteiger partial charge in [0, 0.05) is 0 Å². The van der Waals surface area contributed by atoms with Crippen LogP contribution in [0, 0.1) is 0 Å². The van der Waals surface area contributed by atoms with Crippen molar-refractivity contribution in [1.82, 2.24) is 0 Å². The van der Waals surface area contributed by atoms with Crippen molar-refractivity contribution < 1.29 is 93.8 Å². The first-order valence-corrected chi connectivity index (χ1v) is 37.0. The van der Waals surface area contributed by atoms with Gasteiger partial charge in [0.2, 0.25) is 0 Å². The molecule has 0 spiro atoms. The number of aromatic carboxylic acids is 6. The molecule has 0 amide bonds. The first-order valence-electron chi connectivity index (χ1n) is 37.0. The molecule has 0 heterocycles. The predicted molar refractivity (Wildman–Crippen MR) is 390 cm³/mol. The summed E-state index contributed by atoms with van der Waals surface area (Å²) < 4.78 is 0. The lowest BCUT2D eigenvalue weighted by atomic mass is 9.97. The first kappa shape index (κ1) is 85.5. The van der Waals surface area contributed by atoms with Crippen LogP contribution in [-0.2, 0) is 0 Å². The molecule has 0 aromatic heterocycles. The summed E-state index contributed by atoms with van der Waals surface area (Å²) in [5, 5.41) is 63.6. The fourth-order valence-electron chi connectivity index (χ4n) is 12.1. The zero-order chi connectivity index (χ0) is 74.3. The molecule has 18 nitrogen and oxygen atoms in total. The molecule has 552 valence electrons. The van der Waals surface area contributed by atoms with E-state index in [9.17, 15) is 59.4 Å². The number of carboxylic acid groups (broad SMARTS) is 6. The summed E-state index contributed by atoms with van der Waals surface area (Å²) in [5.41, 5.74) is 29.7. The number of benzene rings is 6. The molecule has 0 bridgehead atoms. The molecule has 6 aliphatic carbocycles. The van der Waals surface area contributed by atoms with Crippen LogP contribution < -0.4 is 65.0 Å². The largest absolute Gasteiger partial charge is 0.545 e.